The lowest BCUT2D eigenvalue weighted by Crippen LogP contribution is -2.31. The Bertz CT molecular complexity index is 619. The van der Waals surface area contributed by atoms with Gasteiger partial charge in [0.2, 0.25) is 5.91 Å². The van der Waals surface area contributed by atoms with Gasteiger partial charge in [0.05, 0.1) is 11.8 Å². The van der Waals surface area contributed by atoms with Crippen molar-refractivity contribution in [2.75, 3.05) is 5.75 Å². The van der Waals surface area contributed by atoms with Crippen molar-refractivity contribution in [3.05, 3.63) is 63.9 Å². The van der Waals surface area contributed by atoms with Crippen molar-refractivity contribution in [3.8, 4) is 0 Å². The lowest BCUT2D eigenvalue weighted by atomic mass is 10.1. The van der Waals surface area contributed by atoms with Crippen molar-refractivity contribution in [1.29, 1.82) is 0 Å². The van der Waals surface area contributed by atoms with E-state index in [9.17, 15) is 10.0 Å². The highest BCUT2D eigenvalue weighted by Gasteiger charge is 2.12. The highest BCUT2D eigenvalue weighted by Crippen LogP contribution is 2.17. The van der Waals surface area contributed by atoms with Crippen LogP contribution < -0.4 is 10.0 Å². The van der Waals surface area contributed by atoms with Gasteiger partial charge >= 0.3 is 0 Å². The molecule has 0 unspecified atom stereocenters. The smallest absolute Gasteiger partial charge is 0.251 e. The third kappa shape index (κ3) is 4.75. The first kappa shape index (κ1) is 15.9. The molecular weight excluding hydrogens is 352 g/mol. The second-order valence-corrected chi connectivity index (χ2v) is 6.41. The molecule has 0 aliphatic rings. The number of aromatic nitrogens is 1. The quantitative estimate of drug-likeness (QED) is 0.502. The average Bonchev–Trinajstić information content (AvgIpc) is 2.47. The predicted octanol–water partition coefficient (Wildman–Crippen LogP) is 3.05. The van der Waals surface area contributed by atoms with E-state index in [1.54, 1.807) is 18.2 Å². The first-order chi connectivity index (χ1) is 10.1. The zero-order chi connectivity index (χ0) is 15.2. The van der Waals surface area contributed by atoms with Gasteiger partial charge in [-0.3, -0.25) is 4.79 Å². The second kappa shape index (κ2) is 7.47. The van der Waals surface area contributed by atoms with E-state index in [1.807, 2.05) is 31.2 Å². The molecule has 110 valence electrons. The summed E-state index contributed by atoms with van der Waals surface area (Å²) in [5, 5.41) is 14.9. The minimum Gasteiger partial charge on any atom is -0.618 e. The van der Waals surface area contributed by atoms with Crippen LogP contribution in [0.1, 0.15) is 18.5 Å². The minimum absolute atomic E-state index is 0.0682. The van der Waals surface area contributed by atoms with Gasteiger partial charge in [-0.2, -0.15) is 4.73 Å². The van der Waals surface area contributed by atoms with Gasteiger partial charge in [-0.1, -0.05) is 28.1 Å². The molecule has 0 fully saturated rings. The Morgan fingerprint density at radius 2 is 2.05 bits per heavy atom. The summed E-state index contributed by atoms with van der Waals surface area (Å²) in [5.74, 6) is 0.118. The molecule has 1 N–H and O–H groups in total. The molecule has 0 saturated carbocycles. The summed E-state index contributed by atoms with van der Waals surface area (Å²) in [6.45, 7) is 1.93. The first-order valence-corrected chi connectivity index (χ1v) is 8.20. The normalized spacial score (nSPS) is 11.9. The monoisotopic (exact) mass is 366 g/mol. The Balaban J connectivity index is 1.87. The van der Waals surface area contributed by atoms with Gasteiger partial charge in [0, 0.05) is 16.6 Å². The van der Waals surface area contributed by atoms with Gasteiger partial charge in [0.25, 0.3) is 5.03 Å². The Labute approximate surface area is 136 Å². The van der Waals surface area contributed by atoms with Gasteiger partial charge in [-0.25, -0.2) is 0 Å². The lowest BCUT2D eigenvalue weighted by Gasteiger charge is -2.14. The van der Waals surface area contributed by atoms with Crippen LogP contribution >= 0.6 is 27.7 Å². The number of nitrogens with one attached hydrogen (secondary N) is 1. The van der Waals surface area contributed by atoms with Crippen LogP contribution in [0.4, 0.5) is 0 Å². The van der Waals surface area contributed by atoms with Crippen LogP contribution in [-0.4, -0.2) is 11.7 Å². The van der Waals surface area contributed by atoms with Crippen molar-refractivity contribution in [1.82, 2.24) is 5.32 Å². The van der Waals surface area contributed by atoms with Crippen molar-refractivity contribution >= 4 is 33.6 Å². The van der Waals surface area contributed by atoms with Crippen LogP contribution in [0.15, 0.2) is 58.2 Å². The molecule has 2 rings (SSSR count). The number of amides is 1. The second-order valence-electron chi connectivity index (χ2n) is 4.49. The van der Waals surface area contributed by atoms with Crippen molar-refractivity contribution in [2.45, 2.75) is 18.0 Å². The predicted molar refractivity (Wildman–Crippen MR) is 86.8 cm³/mol. The highest BCUT2D eigenvalue weighted by atomic mass is 79.9. The molecule has 1 heterocycles. The van der Waals surface area contributed by atoms with Crippen molar-refractivity contribution in [2.24, 2.45) is 0 Å². The zero-order valence-electron chi connectivity index (χ0n) is 11.5. The molecule has 0 spiro atoms. The molecule has 2 aromatic rings. The van der Waals surface area contributed by atoms with Crippen molar-refractivity contribution in [3.63, 3.8) is 0 Å². The molecule has 0 aliphatic carbocycles. The number of hydrogen-bond donors (Lipinski definition) is 1. The summed E-state index contributed by atoms with van der Waals surface area (Å²) in [5.41, 5.74) is 1.04. The van der Waals surface area contributed by atoms with Gasteiger partial charge < -0.3 is 10.5 Å². The van der Waals surface area contributed by atoms with E-state index in [0.717, 1.165) is 14.8 Å². The Morgan fingerprint density at radius 3 is 2.71 bits per heavy atom. The summed E-state index contributed by atoms with van der Waals surface area (Å²) in [7, 11) is 0. The van der Waals surface area contributed by atoms with E-state index in [0.29, 0.717) is 5.03 Å². The summed E-state index contributed by atoms with van der Waals surface area (Å²) in [6, 6.07) is 12.9. The standard InChI is InChI=1S/C15H15BrN2O2S/c1-11(12-5-7-13(16)8-6-12)17-14(19)10-21-15-4-2-3-9-18(15)20/h2-9,11H,10H2,1H3,(H,17,19)/t11-/m1/s1. The Hall–Kier alpha value is -1.53. The number of halogens is 1. The molecule has 1 aromatic carbocycles. The third-order valence-corrected chi connectivity index (χ3v) is 4.43. The average molecular weight is 367 g/mol. The molecule has 0 radical (unpaired) electrons. The number of carbonyl (C=O) groups is 1. The van der Waals surface area contributed by atoms with E-state index in [-0.39, 0.29) is 17.7 Å². The van der Waals surface area contributed by atoms with Gasteiger partial charge in [0.1, 0.15) is 0 Å². The van der Waals surface area contributed by atoms with Crippen molar-refractivity contribution < 1.29 is 9.52 Å². The van der Waals surface area contributed by atoms with Crippen LogP contribution in [0.5, 0.6) is 0 Å². The number of carbonyl (C=O) groups excluding carboxylic acids is 1. The molecule has 1 amide bonds. The van der Waals surface area contributed by atoms with Gasteiger partial charge in [-0.15, -0.1) is 0 Å². The van der Waals surface area contributed by atoms with E-state index in [1.165, 1.54) is 18.0 Å². The third-order valence-electron chi connectivity index (χ3n) is 2.89. The number of thioether (sulfide) groups is 1. The van der Waals surface area contributed by atoms with Gasteiger partial charge in [-0.05, 0) is 42.4 Å². The summed E-state index contributed by atoms with van der Waals surface area (Å²) in [4.78, 5) is 11.9. The Kier molecular flexibility index (Phi) is 5.64. The number of rotatable bonds is 5. The zero-order valence-corrected chi connectivity index (χ0v) is 13.9. The van der Waals surface area contributed by atoms with E-state index < -0.39 is 0 Å². The maximum atomic E-state index is 11.9. The number of benzene rings is 1. The Morgan fingerprint density at radius 1 is 1.33 bits per heavy atom. The van der Waals surface area contributed by atoms with Crippen LogP contribution in [0, 0.1) is 5.21 Å². The SMILES string of the molecule is C[C@@H](NC(=O)CSc1cccc[n+]1[O-])c1ccc(Br)cc1. The topological polar surface area (TPSA) is 56.0 Å². The van der Waals surface area contributed by atoms with E-state index >= 15 is 0 Å². The van der Waals surface area contributed by atoms with Crippen LogP contribution in [0.2, 0.25) is 0 Å². The fourth-order valence-electron chi connectivity index (χ4n) is 1.78. The number of nitrogens with zero attached hydrogens (tertiary/aromatic N) is 1. The maximum Gasteiger partial charge on any atom is 0.251 e. The first-order valence-electron chi connectivity index (χ1n) is 6.42. The molecular formula is C15H15BrN2O2S. The molecule has 4 nitrogen and oxygen atoms in total. The van der Waals surface area contributed by atoms with Crippen LogP contribution in [0.3, 0.4) is 0 Å². The van der Waals surface area contributed by atoms with Crippen LogP contribution in [0.25, 0.3) is 0 Å². The fraction of sp³-hybridized carbons (Fsp3) is 0.200. The lowest BCUT2D eigenvalue weighted by molar-refractivity contribution is -0.645. The number of hydrogen-bond acceptors (Lipinski definition) is 3. The van der Waals surface area contributed by atoms with E-state index in [4.69, 9.17) is 0 Å². The molecule has 0 aliphatic heterocycles. The van der Waals surface area contributed by atoms with Crippen LogP contribution in [-0.2, 0) is 4.79 Å². The summed E-state index contributed by atoms with van der Waals surface area (Å²) in [6.07, 6.45) is 1.42. The highest BCUT2D eigenvalue weighted by molar-refractivity contribution is 9.10. The summed E-state index contributed by atoms with van der Waals surface area (Å²) >= 11 is 4.61. The number of pyridine rings is 1. The van der Waals surface area contributed by atoms with E-state index in [2.05, 4.69) is 21.2 Å². The molecule has 1 atom stereocenters. The molecule has 0 saturated heterocycles. The minimum atomic E-state index is -0.0979. The molecule has 21 heavy (non-hydrogen) atoms. The fourth-order valence-corrected chi connectivity index (χ4v) is 2.77. The largest absolute Gasteiger partial charge is 0.618 e. The van der Waals surface area contributed by atoms with Gasteiger partial charge in [0.15, 0.2) is 6.20 Å². The molecule has 0 bridgehead atoms. The maximum absolute atomic E-state index is 11.9. The molecule has 6 heteroatoms. The summed E-state index contributed by atoms with van der Waals surface area (Å²) < 4.78 is 1.76. The molecule has 1 aromatic heterocycles.